The first-order valence-corrected chi connectivity index (χ1v) is 11.4. The zero-order valence-electron chi connectivity index (χ0n) is 15.4. The third-order valence-electron chi connectivity index (χ3n) is 5.87. The fourth-order valence-corrected chi connectivity index (χ4v) is 6.65. The average Bonchev–Trinajstić information content (AvgIpc) is 3.46. The van der Waals surface area contributed by atoms with Crippen molar-refractivity contribution in [2.75, 3.05) is 0 Å². The first-order chi connectivity index (χ1) is 14.4. The van der Waals surface area contributed by atoms with Crippen molar-refractivity contribution < 1.29 is 0 Å². The van der Waals surface area contributed by atoms with Crippen LogP contribution in [-0.4, -0.2) is 4.57 Å². The van der Waals surface area contributed by atoms with E-state index >= 15 is 0 Å². The van der Waals surface area contributed by atoms with E-state index in [4.69, 9.17) is 0 Å². The molecule has 0 saturated carbocycles. The van der Waals surface area contributed by atoms with Gasteiger partial charge in [-0.15, -0.1) is 22.7 Å². The quantitative estimate of drug-likeness (QED) is 0.258. The topological polar surface area (TPSA) is 4.93 Å². The van der Waals surface area contributed by atoms with Crippen molar-refractivity contribution in [2.24, 2.45) is 0 Å². The van der Waals surface area contributed by atoms with Gasteiger partial charge in [0.1, 0.15) is 0 Å². The van der Waals surface area contributed by atoms with Crippen LogP contribution in [0.1, 0.15) is 0 Å². The van der Waals surface area contributed by atoms with Gasteiger partial charge < -0.3 is 4.57 Å². The van der Waals surface area contributed by atoms with Crippen LogP contribution in [0.2, 0.25) is 0 Å². The molecular weight excluding hydrogens is 390 g/mol. The lowest BCUT2D eigenvalue weighted by Gasteiger charge is -2.08. The highest BCUT2D eigenvalue weighted by molar-refractivity contribution is 7.25. The predicted octanol–water partition coefficient (Wildman–Crippen LogP) is 8.37. The van der Waals surface area contributed by atoms with Crippen molar-refractivity contribution >= 4 is 74.7 Å². The standard InChI is InChI=1S/C26H15NS2/c1-3-7-21-19(6-1)25-22(11-9-16-13-14-28-26(16)25)27(21)17-10-12-24-20(15-17)18-5-2-4-8-23(18)29-24/h1-15H. The number of nitrogens with zero attached hydrogens (tertiary/aromatic N) is 1. The molecule has 3 heterocycles. The van der Waals surface area contributed by atoms with Crippen LogP contribution in [0.5, 0.6) is 0 Å². The van der Waals surface area contributed by atoms with E-state index in [-0.39, 0.29) is 0 Å². The number of rotatable bonds is 1. The molecule has 0 N–H and O–H groups in total. The van der Waals surface area contributed by atoms with E-state index < -0.39 is 0 Å². The van der Waals surface area contributed by atoms with E-state index in [2.05, 4.69) is 94.9 Å². The molecule has 0 fully saturated rings. The molecule has 7 aromatic rings. The fraction of sp³-hybridized carbons (Fsp3) is 0. The lowest BCUT2D eigenvalue weighted by molar-refractivity contribution is 1.19. The Hall–Kier alpha value is -3.14. The Labute approximate surface area is 175 Å². The minimum Gasteiger partial charge on any atom is -0.309 e. The zero-order chi connectivity index (χ0) is 18.9. The molecule has 0 aliphatic carbocycles. The minimum absolute atomic E-state index is 1.23. The van der Waals surface area contributed by atoms with Crippen LogP contribution >= 0.6 is 22.7 Å². The summed E-state index contributed by atoms with van der Waals surface area (Å²) >= 11 is 3.70. The summed E-state index contributed by atoms with van der Waals surface area (Å²) in [5.41, 5.74) is 3.77. The molecule has 0 amide bonds. The van der Waals surface area contributed by atoms with Gasteiger partial charge in [-0.3, -0.25) is 0 Å². The Balaban J connectivity index is 1.65. The largest absolute Gasteiger partial charge is 0.309 e. The second kappa shape index (κ2) is 5.69. The van der Waals surface area contributed by atoms with Crippen LogP contribution in [0.15, 0.2) is 90.3 Å². The summed E-state index contributed by atoms with van der Waals surface area (Å²) in [5.74, 6) is 0. The van der Waals surface area contributed by atoms with E-state index in [0.717, 1.165) is 0 Å². The summed E-state index contributed by atoms with van der Waals surface area (Å²) in [6.45, 7) is 0. The predicted molar refractivity (Wildman–Crippen MR) is 129 cm³/mol. The molecule has 0 saturated heterocycles. The summed E-state index contributed by atoms with van der Waals surface area (Å²) in [5, 5.41) is 8.89. The van der Waals surface area contributed by atoms with Gasteiger partial charge in [0.05, 0.1) is 11.0 Å². The van der Waals surface area contributed by atoms with Crippen molar-refractivity contribution in [2.45, 2.75) is 0 Å². The van der Waals surface area contributed by atoms with Gasteiger partial charge in [0, 0.05) is 41.3 Å². The molecule has 3 heteroatoms. The first-order valence-electron chi connectivity index (χ1n) is 9.69. The third-order valence-corrected chi connectivity index (χ3v) is 7.97. The Morgan fingerprint density at radius 1 is 0.621 bits per heavy atom. The van der Waals surface area contributed by atoms with Gasteiger partial charge in [0.25, 0.3) is 0 Å². The van der Waals surface area contributed by atoms with Gasteiger partial charge in [-0.05, 0) is 53.2 Å². The van der Waals surface area contributed by atoms with E-state index in [9.17, 15) is 0 Å². The second-order valence-electron chi connectivity index (χ2n) is 7.43. The monoisotopic (exact) mass is 405 g/mol. The maximum Gasteiger partial charge on any atom is 0.0555 e. The Bertz CT molecular complexity index is 1710. The molecule has 0 bridgehead atoms. The summed E-state index contributed by atoms with van der Waals surface area (Å²) in [4.78, 5) is 0. The van der Waals surface area contributed by atoms with Crippen molar-refractivity contribution in [3.8, 4) is 5.69 Å². The molecule has 0 radical (unpaired) electrons. The number of aromatic nitrogens is 1. The smallest absolute Gasteiger partial charge is 0.0555 e. The van der Waals surface area contributed by atoms with E-state index in [1.807, 2.05) is 22.7 Å². The number of hydrogen-bond acceptors (Lipinski definition) is 2. The first kappa shape index (κ1) is 15.7. The van der Waals surface area contributed by atoms with E-state index in [1.165, 1.54) is 57.8 Å². The van der Waals surface area contributed by atoms with Crippen LogP contribution in [-0.2, 0) is 0 Å². The molecule has 0 aliphatic rings. The van der Waals surface area contributed by atoms with Gasteiger partial charge in [0.15, 0.2) is 0 Å². The molecule has 4 aromatic carbocycles. The molecule has 29 heavy (non-hydrogen) atoms. The normalized spacial score (nSPS) is 12.1. The molecule has 7 rings (SSSR count). The third kappa shape index (κ3) is 2.09. The molecule has 0 spiro atoms. The lowest BCUT2D eigenvalue weighted by atomic mass is 10.1. The van der Waals surface area contributed by atoms with Crippen LogP contribution in [0.4, 0.5) is 0 Å². The number of benzene rings is 4. The number of para-hydroxylation sites is 1. The SMILES string of the molecule is c1ccc2c(c1)sc1ccc(-n3c4ccccc4c4c5sccc5ccc43)cc12. The van der Waals surface area contributed by atoms with Gasteiger partial charge in [-0.25, -0.2) is 0 Å². The van der Waals surface area contributed by atoms with Gasteiger partial charge in [0.2, 0.25) is 0 Å². The van der Waals surface area contributed by atoms with Crippen LogP contribution in [0.3, 0.4) is 0 Å². The molecule has 0 unspecified atom stereocenters. The van der Waals surface area contributed by atoms with Crippen molar-refractivity contribution in [1.29, 1.82) is 0 Å². The molecular formula is C26H15NS2. The summed E-state index contributed by atoms with van der Waals surface area (Å²) < 4.78 is 6.49. The maximum absolute atomic E-state index is 2.43. The van der Waals surface area contributed by atoms with Gasteiger partial charge in [-0.2, -0.15) is 0 Å². The van der Waals surface area contributed by atoms with E-state index in [0.29, 0.717) is 0 Å². The minimum atomic E-state index is 1.23. The molecule has 136 valence electrons. The Morgan fingerprint density at radius 2 is 1.45 bits per heavy atom. The maximum atomic E-state index is 2.43. The summed E-state index contributed by atoms with van der Waals surface area (Å²) in [6.07, 6.45) is 0. The van der Waals surface area contributed by atoms with Crippen molar-refractivity contribution in [1.82, 2.24) is 4.57 Å². The highest BCUT2D eigenvalue weighted by atomic mass is 32.1. The number of thiophene rings is 2. The van der Waals surface area contributed by atoms with Crippen molar-refractivity contribution in [3.63, 3.8) is 0 Å². The van der Waals surface area contributed by atoms with Crippen LogP contribution in [0.25, 0.3) is 57.8 Å². The molecule has 0 atom stereocenters. The van der Waals surface area contributed by atoms with E-state index in [1.54, 1.807) is 0 Å². The highest BCUT2D eigenvalue weighted by Crippen LogP contribution is 2.40. The summed E-state index contributed by atoms with van der Waals surface area (Å²) in [7, 11) is 0. The fourth-order valence-electron chi connectivity index (χ4n) is 4.61. The lowest BCUT2D eigenvalue weighted by Crippen LogP contribution is -1.93. The number of fused-ring (bicyclic) bond motifs is 8. The second-order valence-corrected chi connectivity index (χ2v) is 9.43. The van der Waals surface area contributed by atoms with Gasteiger partial charge >= 0.3 is 0 Å². The molecule has 3 aromatic heterocycles. The Morgan fingerprint density at radius 3 is 2.41 bits per heavy atom. The number of hydrogen-bond donors (Lipinski definition) is 0. The van der Waals surface area contributed by atoms with Crippen LogP contribution < -0.4 is 0 Å². The van der Waals surface area contributed by atoms with Crippen LogP contribution in [0, 0.1) is 0 Å². The average molecular weight is 406 g/mol. The van der Waals surface area contributed by atoms with Crippen molar-refractivity contribution in [3.05, 3.63) is 90.3 Å². The zero-order valence-corrected chi connectivity index (χ0v) is 17.1. The Kier molecular flexibility index (Phi) is 3.09. The molecule has 1 nitrogen and oxygen atoms in total. The summed E-state index contributed by atoms with van der Waals surface area (Å²) in [6, 6.07) is 31.1. The van der Waals surface area contributed by atoms with Gasteiger partial charge in [-0.1, -0.05) is 42.5 Å². The molecule has 0 aliphatic heterocycles. The highest BCUT2D eigenvalue weighted by Gasteiger charge is 2.16.